The van der Waals surface area contributed by atoms with E-state index >= 15 is 0 Å². The Hall–Kier alpha value is -4.13. The van der Waals surface area contributed by atoms with Gasteiger partial charge in [-0.2, -0.15) is 5.26 Å². The molecule has 0 amide bonds. The average Bonchev–Trinajstić information content (AvgIpc) is 3.36. The molecule has 0 saturated carbocycles. The van der Waals surface area contributed by atoms with Crippen molar-refractivity contribution in [3.63, 3.8) is 0 Å². The average molecular weight is 830 g/mol. The van der Waals surface area contributed by atoms with Crippen LogP contribution in [0, 0.1) is 14.9 Å². The van der Waals surface area contributed by atoms with Gasteiger partial charge in [-0.25, -0.2) is 9.79 Å². The van der Waals surface area contributed by atoms with Gasteiger partial charge < -0.3 is 23.7 Å². The predicted octanol–water partition coefficient (Wildman–Crippen LogP) is 5.64. The molecule has 0 saturated heterocycles. The van der Waals surface area contributed by atoms with Crippen molar-refractivity contribution in [2.24, 2.45) is 4.99 Å². The number of rotatable bonds is 10. The Morgan fingerprint density at radius 3 is 2.49 bits per heavy atom. The highest BCUT2D eigenvalue weighted by Gasteiger charge is 2.35. The number of fused-ring (bicyclic) bond motifs is 1. The number of ether oxygens (including phenoxy) is 5. The van der Waals surface area contributed by atoms with E-state index in [9.17, 15) is 14.9 Å². The van der Waals surface area contributed by atoms with Crippen LogP contribution in [-0.2, 0) is 16.1 Å². The summed E-state index contributed by atoms with van der Waals surface area (Å²) in [5.74, 6) is 1.34. The predicted molar refractivity (Wildman–Crippen MR) is 189 cm³/mol. The number of hydrogen-bond acceptors (Lipinski definition) is 10. The summed E-state index contributed by atoms with van der Waals surface area (Å²) in [5.41, 5.74) is 2.94. The Balaban J connectivity index is 1.62. The topological polar surface area (TPSA) is 121 Å². The molecule has 0 aliphatic carbocycles. The van der Waals surface area contributed by atoms with Crippen molar-refractivity contribution in [3.05, 3.63) is 110 Å². The maximum Gasteiger partial charge on any atom is 0.338 e. The molecule has 5 rings (SSSR count). The van der Waals surface area contributed by atoms with Crippen molar-refractivity contribution in [2.75, 3.05) is 27.9 Å². The van der Waals surface area contributed by atoms with E-state index in [0.717, 1.165) is 9.13 Å². The summed E-state index contributed by atoms with van der Waals surface area (Å²) in [4.78, 5) is 32.6. The number of thiazole rings is 1. The molecule has 1 atom stereocenters. The van der Waals surface area contributed by atoms with Gasteiger partial charge >= 0.3 is 5.97 Å². The van der Waals surface area contributed by atoms with E-state index in [0.29, 0.717) is 59.2 Å². The van der Waals surface area contributed by atoms with E-state index in [1.54, 1.807) is 57.4 Å². The molecule has 0 bridgehead atoms. The molecule has 2 heterocycles. The Morgan fingerprint density at radius 1 is 1.11 bits per heavy atom. The van der Waals surface area contributed by atoms with E-state index in [1.807, 2.05) is 18.2 Å². The van der Waals surface area contributed by atoms with Gasteiger partial charge in [0.15, 0.2) is 27.8 Å². The van der Waals surface area contributed by atoms with Gasteiger partial charge in [-0.1, -0.05) is 45.5 Å². The Labute approximate surface area is 296 Å². The zero-order chi connectivity index (χ0) is 33.8. The zero-order valence-corrected chi connectivity index (χ0v) is 30.6. The first kappa shape index (κ1) is 34.2. The second-order valence-electron chi connectivity index (χ2n) is 10.1. The minimum atomic E-state index is -0.858. The van der Waals surface area contributed by atoms with Crippen LogP contribution in [0.3, 0.4) is 0 Å². The number of methoxy groups -OCH3 is 3. The van der Waals surface area contributed by atoms with Crippen molar-refractivity contribution < 1.29 is 28.5 Å². The van der Waals surface area contributed by atoms with E-state index in [4.69, 9.17) is 23.7 Å². The summed E-state index contributed by atoms with van der Waals surface area (Å²) in [6.07, 6.45) is 1.76. The van der Waals surface area contributed by atoms with Crippen molar-refractivity contribution in [1.82, 2.24) is 4.57 Å². The number of allylic oxidation sites excluding steroid dienone is 1. The summed E-state index contributed by atoms with van der Waals surface area (Å²) < 4.78 is 31.5. The fourth-order valence-electron chi connectivity index (χ4n) is 5.18. The number of carbonyl (C=O) groups excluding carboxylic acids is 1. The van der Waals surface area contributed by atoms with E-state index in [1.165, 1.54) is 30.1 Å². The Kier molecular flexibility index (Phi) is 10.7. The van der Waals surface area contributed by atoms with Crippen molar-refractivity contribution in [3.8, 4) is 29.1 Å². The summed E-state index contributed by atoms with van der Waals surface area (Å²) in [7, 11) is 4.59. The number of carbonyl (C=O) groups is 1. The molecule has 3 aromatic carbocycles. The highest BCUT2D eigenvalue weighted by molar-refractivity contribution is 14.1. The highest BCUT2D eigenvalue weighted by atomic mass is 127. The molecule has 0 spiro atoms. The number of esters is 1. The number of halogens is 2. The molecule has 0 unspecified atom stereocenters. The normalized spacial score (nSPS) is 14.2. The van der Waals surface area contributed by atoms with Gasteiger partial charge in [0.25, 0.3) is 5.56 Å². The van der Waals surface area contributed by atoms with Crippen molar-refractivity contribution in [1.29, 1.82) is 5.26 Å². The minimum Gasteiger partial charge on any atom is -0.493 e. The number of nitriles is 1. The van der Waals surface area contributed by atoms with Crippen LogP contribution < -0.4 is 33.8 Å². The lowest BCUT2D eigenvalue weighted by Crippen LogP contribution is -2.40. The summed E-state index contributed by atoms with van der Waals surface area (Å²) >= 11 is 6.99. The van der Waals surface area contributed by atoms with Crippen LogP contribution in [-0.4, -0.2) is 38.5 Å². The minimum absolute atomic E-state index is 0.158. The molecule has 242 valence electrons. The van der Waals surface area contributed by atoms with Gasteiger partial charge in [0.05, 0.1) is 65.0 Å². The molecular weight excluding hydrogens is 801 g/mol. The monoisotopic (exact) mass is 829 g/mol. The van der Waals surface area contributed by atoms with Crippen LogP contribution in [0.1, 0.15) is 42.1 Å². The van der Waals surface area contributed by atoms with E-state index in [-0.39, 0.29) is 24.3 Å². The number of nitrogens with zero attached hydrogens (tertiary/aromatic N) is 3. The SMILES string of the molecule is CCOC(=O)C1=C(C)N=c2s/c(=C\c3cc(I)c(OCc4ccccc4C#N)c(OC)c3)c(=O)n2[C@@H]1c1cc(OC)c(OC)cc1Br. The molecule has 0 N–H and O–H groups in total. The molecule has 4 aromatic rings. The quantitative estimate of drug-likeness (QED) is 0.149. The van der Waals surface area contributed by atoms with Crippen molar-refractivity contribution in [2.45, 2.75) is 26.5 Å². The first-order valence-electron chi connectivity index (χ1n) is 14.2. The summed E-state index contributed by atoms with van der Waals surface area (Å²) in [5, 5.41) is 9.44. The van der Waals surface area contributed by atoms with Crippen LogP contribution in [0.25, 0.3) is 6.08 Å². The molecule has 47 heavy (non-hydrogen) atoms. The number of aromatic nitrogens is 1. The van der Waals surface area contributed by atoms with Crippen LogP contribution in [0.15, 0.2) is 74.1 Å². The third kappa shape index (κ3) is 6.81. The molecular formula is C34H29BrIN3O7S. The Morgan fingerprint density at radius 2 is 1.81 bits per heavy atom. The lowest BCUT2D eigenvalue weighted by atomic mass is 9.95. The maximum atomic E-state index is 14.2. The molecule has 1 aromatic heterocycles. The lowest BCUT2D eigenvalue weighted by molar-refractivity contribution is -0.139. The number of hydrogen-bond donors (Lipinski definition) is 0. The molecule has 0 radical (unpaired) electrons. The number of benzene rings is 3. The van der Waals surface area contributed by atoms with Gasteiger partial charge in [0.1, 0.15) is 6.61 Å². The van der Waals surface area contributed by atoms with Crippen LogP contribution in [0.2, 0.25) is 0 Å². The molecule has 1 aliphatic heterocycles. The smallest absolute Gasteiger partial charge is 0.338 e. The highest BCUT2D eigenvalue weighted by Crippen LogP contribution is 2.41. The molecule has 1 aliphatic rings. The maximum absolute atomic E-state index is 14.2. The Bertz CT molecular complexity index is 2130. The third-order valence-corrected chi connectivity index (χ3v) is 9.84. The van der Waals surface area contributed by atoms with E-state index < -0.39 is 12.0 Å². The largest absolute Gasteiger partial charge is 0.493 e. The second-order valence-corrected chi connectivity index (χ2v) is 13.1. The first-order valence-corrected chi connectivity index (χ1v) is 16.9. The second kappa shape index (κ2) is 14.7. The van der Waals surface area contributed by atoms with Crippen LogP contribution in [0.4, 0.5) is 0 Å². The fourth-order valence-corrected chi connectivity index (χ4v) is 7.55. The van der Waals surface area contributed by atoms with E-state index in [2.05, 4.69) is 49.6 Å². The van der Waals surface area contributed by atoms with Crippen LogP contribution >= 0.6 is 49.9 Å². The van der Waals surface area contributed by atoms with Gasteiger partial charge in [-0.15, -0.1) is 0 Å². The fraction of sp³-hybridized carbons (Fsp3) is 0.235. The van der Waals surface area contributed by atoms with Crippen LogP contribution in [0.5, 0.6) is 23.0 Å². The van der Waals surface area contributed by atoms with Gasteiger partial charge in [-0.05, 0) is 84.0 Å². The first-order chi connectivity index (χ1) is 22.6. The molecule has 10 nitrogen and oxygen atoms in total. The standard InChI is InChI=1S/C34H29BrIN3O7S/c1-6-45-33(41)29-18(2)38-34-39(30(29)22-14-25(42-3)26(43-4)15-23(22)35)32(40)28(47-34)13-19-11-24(36)31(27(12-19)44-5)46-17-21-10-8-7-9-20(21)16-37/h7-15,30H,6,17H2,1-5H3/b28-13-/t30-/m1/s1. The van der Waals surface area contributed by atoms with Gasteiger partial charge in [0.2, 0.25) is 0 Å². The summed E-state index contributed by atoms with van der Waals surface area (Å²) in [6.45, 7) is 3.79. The lowest BCUT2D eigenvalue weighted by Gasteiger charge is -2.26. The third-order valence-electron chi connectivity index (χ3n) is 7.37. The molecule has 13 heteroatoms. The van der Waals surface area contributed by atoms with Gasteiger partial charge in [-0.3, -0.25) is 9.36 Å². The zero-order valence-electron chi connectivity index (χ0n) is 26.1. The molecule has 0 fully saturated rings. The van der Waals surface area contributed by atoms with Crippen molar-refractivity contribution >= 4 is 61.9 Å². The van der Waals surface area contributed by atoms with Gasteiger partial charge in [0, 0.05) is 10.0 Å². The summed E-state index contributed by atoms with van der Waals surface area (Å²) in [6, 6.07) is 15.7.